The molecule has 1 aromatic carbocycles. The highest BCUT2D eigenvalue weighted by atomic mass is 35.5. The van der Waals surface area contributed by atoms with Crippen molar-refractivity contribution in [3.05, 3.63) is 34.6 Å². The third-order valence-electron chi connectivity index (χ3n) is 3.27. The van der Waals surface area contributed by atoms with E-state index < -0.39 is 0 Å². The van der Waals surface area contributed by atoms with Crippen LogP contribution in [0.5, 0.6) is 0 Å². The van der Waals surface area contributed by atoms with E-state index in [-0.39, 0.29) is 10.8 Å². The molecule has 0 heterocycles. The molecule has 4 heteroatoms. The highest BCUT2D eigenvalue weighted by Crippen LogP contribution is 2.23. The first-order valence-electron chi connectivity index (χ1n) is 5.97. The molecule has 0 saturated heterocycles. The van der Waals surface area contributed by atoms with Crippen LogP contribution in [0, 0.1) is 5.82 Å². The second kappa shape index (κ2) is 6.03. The topological polar surface area (TPSA) is 12.0 Å². The Bertz CT molecular complexity index is 376. The summed E-state index contributed by atoms with van der Waals surface area (Å²) in [5, 5.41) is 3.87. The van der Waals surface area contributed by atoms with E-state index in [2.05, 4.69) is 5.32 Å². The molecular weight excluding hydrogens is 260 g/mol. The van der Waals surface area contributed by atoms with Gasteiger partial charge in [-0.15, -0.1) is 11.6 Å². The van der Waals surface area contributed by atoms with Crippen LogP contribution >= 0.6 is 23.2 Å². The van der Waals surface area contributed by atoms with Crippen LogP contribution in [0.4, 0.5) is 4.39 Å². The summed E-state index contributed by atoms with van der Waals surface area (Å²) in [7, 11) is 0. The van der Waals surface area contributed by atoms with E-state index in [1.165, 1.54) is 0 Å². The molecule has 1 aromatic rings. The van der Waals surface area contributed by atoms with Gasteiger partial charge in [0.1, 0.15) is 5.82 Å². The van der Waals surface area contributed by atoms with E-state index in [1.807, 2.05) is 0 Å². The number of halogens is 3. The molecule has 0 radical (unpaired) electrons. The highest BCUT2D eigenvalue weighted by Gasteiger charge is 2.19. The van der Waals surface area contributed by atoms with Crippen LogP contribution in [0.3, 0.4) is 0 Å². The quantitative estimate of drug-likeness (QED) is 0.819. The summed E-state index contributed by atoms with van der Waals surface area (Å²) < 4.78 is 13.6. The van der Waals surface area contributed by atoms with Crippen molar-refractivity contribution >= 4 is 23.2 Å². The van der Waals surface area contributed by atoms with Gasteiger partial charge in [0.25, 0.3) is 0 Å². The molecule has 94 valence electrons. The van der Waals surface area contributed by atoms with Crippen molar-refractivity contribution in [1.29, 1.82) is 0 Å². The maximum absolute atomic E-state index is 13.6. The van der Waals surface area contributed by atoms with Gasteiger partial charge in [0.2, 0.25) is 0 Å². The first-order chi connectivity index (χ1) is 8.16. The van der Waals surface area contributed by atoms with Gasteiger partial charge in [-0.25, -0.2) is 4.39 Å². The van der Waals surface area contributed by atoms with Crippen LogP contribution in [-0.4, -0.2) is 11.4 Å². The lowest BCUT2D eigenvalue weighted by Gasteiger charge is -2.26. The van der Waals surface area contributed by atoms with E-state index in [0.29, 0.717) is 23.5 Å². The number of rotatable bonds is 3. The summed E-state index contributed by atoms with van der Waals surface area (Å²) in [5.41, 5.74) is 0.630. The van der Waals surface area contributed by atoms with Gasteiger partial charge in [-0.2, -0.15) is 0 Å². The molecule has 1 saturated carbocycles. The van der Waals surface area contributed by atoms with Crippen LogP contribution in [-0.2, 0) is 6.54 Å². The van der Waals surface area contributed by atoms with Crippen LogP contribution in [0.15, 0.2) is 18.2 Å². The fourth-order valence-corrected chi connectivity index (χ4v) is 2.64. The van der Waals surface area contributed by atoms with Crippen LogP contribution in [0.1, 0.15) is 31.2 Å². The summed E-state index contributed by atoms with van der Waals surface area (Å²) in [6.45, 7) is 0.532. The first kappa shape index (κ1) is 13.1. The minimum absolute atomic E-state index is 0.189. The van der Waals surface area contributed by atoms with Gasteiger partial charge >= 0.3 is 0 Å². The van der Waals surface area contributed by atoms with E-state index in [4.69, 9.17) is 23.2 Å². The maximum Gasteiger partial charge on any atom is 0.146 e. The van der Waals surface area contributed by atoms with Crippen molar-refractivity contribution in [2.75, 3.05) is 0 Å². The molecule has 0 aliphatic heterocycles. The molecular formula is C13H16Cl2FN. The Kier molecular flexibility index (Phi) is 4.66. The number of alkyl halides is 1. The number of hydrogen-bond donors (Lipinski definition) is 1. The van der Waals surface area contributed by atoms with E-state index in [9.17, 15) is 4.39 Å². The minimum atomic E-state index is -0.312. The van der Waals surface area contributed by atoms with Gasteiger partial charge in [0, 0.05) is 23.5 Å². The third kappa shape index (κ3) is 3.57. The van der Waals surface area contributed by atoms with Crippen molar-refractivity contribution in [1.82, 2.24) is 5.32 Å². The molecule has 0 spiro atoms. The predicted octanol–water partition coefficient (Wildman–Crippen LogP) is 4.12. The molecule has 0 unspecified atom stereocenters. The predicted molar refractivity (Wildman–Crippen MR) is 70.1 cm³/mol. The average Bonchev–Trinajstić information content (AvgIpc) is 2.33. The van der Waals surface area contributed by atoms with Crippen molar-refractivity contribution in [2.45, 2.75) is 43.6 Å². The van der Waals surface area contributed by atoms with E-state index in [0.717, 1.165) is 25.7 Å². The second-order valence-corrected chi connectivity index (χ2v) is 5.57. The normalized spacial score (nSPS) is 24.9. The van der Waals surface area contributed by atoms with Crippen LogP contribution < -0.4 is 5.32 Å². The lowest BCUT2D eigenvalue weighted by Crippen LogP contribution is -2.33. The van der Waals surface area contributed by atoms with Crippen molar-refractivity contribution < 1.29 is 4.39 Å². The average molecular weight is 276 g/mol. The number of benzene rings is 1. The summed E-state index contributed by atoms with van der Waals surface area (Å²) >= 11 is 11.8. The van der Waals surface area contributed by atoms with Crippen molar-refractivity contribution in [3.63, 3.8) is 0 Å². The zero-order valence-electron chi connectivity index (χ0n) is 9.56. The Hall–Kier alpha value is -0.310. The Morgan fingerprint density at radius 3 is 2.65 bits per heavy atom. The lowest BCUT2D eigenvalue weighted by molar-refractivity contribution is 0.374. The van der Waals surface area contributed by atoms with E-state index >= 15 is 0 Å². The van der Waals surface area contributed by atoms with Gasteiger partial charge in [-0.1, -0.05) is 23.7 Å². The largest absolute Gasteiger partial charge is 0.310 e. The molecule has 0 aromatic heterocycles. The van der Waals surface area contributed by atoms with Gasteiger partial charge in [0.05, 0.1) is 5.02 Å². The molecule has 0 bridgehead atoms. The Balaban J connectivity index is 1.87. The van der Waals surface area contributed by atoms with Gasteiger partial charge < -0.3 is 5.32 Å². The molecule has 0 atom stereocenters. The van der Waals surface area contributed by atoms with Crippen LogP contribution in [0.25, 0.3) is 0 Å². The molecule has 1 nitrogen and oxygen atoms in total. The zero-order valence-corrected chi connectivity index (χ0v) is 11.1. The SMILES string of the molecule is Fc1c(Cl)cccc1CNC1CCC(Cl)CC1. The fraction of sp³-hybridized carbons (Fsp3) is 0.538. The van der Waals surface area contributed by atoms with Gasteiger partial charge in [0.15, 0.2) is 0 Å². The molecule has 1 N–H and O–H groups in total. The number of hydrogen-bond acceptors (Lipinski definition) is 1. The van der Waals surface area contributed by atoms with Gasteiger partial charge in [-0.3, -0.25) is 0 Å². The molecule has 1 aliphatic carbocycles. The summed E-state index contributed by atoms with van der Waals surface area (Å²) in [5.74, 6) is -0.312. The van der Waals surface area contributed by atoms with E-state index in [1.54, 1.807) is 18.2 Å². The standard InChI is InChI=1S/C13H16Cl2FN/c14-10-4-6-11(7-5-10)17-8-9-2-1-3-12(15)13(9)16/h1-3,10-11,17H,4-8H2. The minimum Gasteiger partial charge on any atom is -0.310 e. The molecule has 1 aliphatic rings. The zero-order chi connectivity index (χ0) is 12.3. The summed E-state index contributed by atoms with van der Waals surface area (Å²) in [6.07, 6.45) is 4.21. The maximum atomic E-state index is 13.6. The number of nitrogens with one attached hydrogen (secondary N) is 1. The molecule has 0 amide bonds. The monoisotopic (exact) mass is 275 g/mol. The second-order valence-electron chi connectivity index (χ2n) is 4.54. The molecule has 2 rings (SSSR count). The fourth-order valence-electron chi connectivity index (χ4n) is 2.20. The molecule has 1 fully saturated rings. The first-order valence-corrected chi connectivity index (χ1v) is 6.78. The summed E-state index contributed by atoms with van der Waals surface area (Å²) in [4.78, 5) is 0. The smallest absolute Gasteiger partial charge is 0.146 e. The Labute approximate surface area is 111 Å². The third-order valence-corrected chi connectivity index (χ3v) is 4.00. The van der Waals surface area contributed by atoms with Crippen LogP contribution in [0.2, 0.25) is 5.02 Å². The Morgan fingerprint density at radius 1 is 1.24 bits per heavy atom. The lowest BCUT2D eigenvalue weighted by atomic mass is 9.95. The summed E-state index contributed by atoms with van der Waals surface area (Å²) in [6, 6.07) is 5.56. The van der Waals surface area contributed by atoms with Crippen molar-refractivity contribution in [2.24, 2.45) is 0 Å². The Morgan fingerprint density at radius 2 is 1.94 bits per heavy atom. The highest BCUT2D eigenvalue weighted by molar-refractivity contribution is 6.30. The van der Waals surface area contributed by atoms with Crippen molar-refractivity contribution in [3.8, 4) is 0 Å². The molecule has 17 heavy (non-hydrogen) atoms. The van der Waals surface area contributed by atoms with Gasteiger partial charge in [-0.05, 0) is 31.7 Å².